The predicted octanol–water partition coefficient (Wildman–Crippen LogP) is 2.70. The van der Waals surface area contributed by atoms with Gasteiger partial charge < -0.3 is 20.6 Å². The molecule has 4 N–H and O–H groups in total. The van der Waals surface area contributed by atoms with Gasteiger partial charge >= 0.3 is 0 Å². The highest BCUT2D eigenvalue weighted by Crippen LogP contribution is 2.41. The molecule has 8 heteroatoms. The van der Waals surface area contributed by atoms with E-state index in [1.165, 1.54) is 23.1 Å². The van der Waals surface area contributed by atoms with E-state index in [0.717, 1.165) is 17.4 Å². The van der Waals surface area contributed by atoms with E-state index >= 15 is 0 Å². The zero-order valence-electron chi connectivity index (χ0n) is 12.7. The Morgan fingerprint density at radius 1 is 1.42 bits per heavy atom. The van der Waals surface area contributed by atoms with Crippen molar-refractivity contribution in [3.63, 3.8) is 0 Å². The first-order valence-corrected chi connectivity index (χ1v) is 8.74. The molecule has 0 aliphatic carbocycles. The molecule has 3 rings (SSSR count). The van der Waals surface area contributed by atoms with Crippen LogP contribution in [0.3, 0.4) is 0 Å². The normalized spacial score (nSPS) is 10.9. The first-order valence-electron chi connectivity index (χ1n) is 6.94. The number of H-pyrrole nitrogens is 1. The highest BCUT2D eigenvalue weighted by atomic mass is 32.2. The lowest BCUT2D eigenvalue weighted by Crippen LogP contribution is -2.13. The molecule has 0 bridgehead atoms. The van der Waals surface area contributed by atoms with E-state index in [9.17, 15) is 14.7 Å². The summed E-state index contributed by atoms with van der Waals surface area (Å²) in [6.07, 6.45) is 0. The maximum absolute atomic E-state index is 11.8. The van der Waals surface area contributed by atoms with Crippen LogP contribution in [0, 0.1) is 0 Å². The minimum Gasteiger partial charge on any atom is -0.506 e. The first kappa shape index (κ1) is 16.4. The molecule has 2 aromatic heterocycles. The third-order valence-corrected chi connectivity index (χ3v) is 5.93. The van der Waals surface area contributed by atoms with Crippen molar-refractivity contribution >= 4 is 39.2 Å². The van der Waals surface area contributed by atoms with E-state index in [-0.39, 0.29) is 16.8 Å². The fraction of sp³-hybridized carbons (Fsp3) is 0.125. The fourth-order valence-electron chi connectivity index (χ4n) is 2.30. The summed E-state index contributed by atoms with van der Waals surface area (Å²) in [6.45, 7) is 0. The van der Waals surface area contributed by atoms with Crippen molar-refractivity contribution in [3.05, 3.63) is 51.8 Å². The summed E-state index contributed by atoms with van der Waals surface area (Å²) in [5.41, 5.74) is 6.52. The number of ether oxygens (including phenoxy) is 1. The second-order valence-corrected chi connectivity index (χ2v) is 7.26. The molecule has 24 heavy (non-hydrogen) atoms. The van der Waals surface area contributed by atoms with Crippen molar-refractivity contribution in [1.29, 1.82) is 0 Å². The molecule has 124 valence electrons. The number of primary amides is 1. The Hall–Kier alpha value is -2.45. The molecule has 0 aliphatic heterocycles. The number of nitrogens with one attached hydrogen (secondary N) is 1. The van der Waals surface area contributed by atoms with Gasteiger partial charge in [0.1, 0.15) is 11.5 Å². The number of hydrogen-bond acceptors (Lipinski definition) is 6. The topological polar surface area (TPSA) is 105 Å². The highest BCUT2D eigenvalue weighted by molar-refractivity contribution is 8.00. The van der Waals surface area contributed by atoms with Crippen LogP contribution < -0.4 is 16.0 Å². The zero-order chi connectivity index (χ0) is 17.3. The largest absolute Gasteiger partial charge is 0.506 e. The van der Waals surface area contributed by atoms with Crippen LogP contribution in [0.5, 0.6) is 11.5 Å². The molecule has 3 aromatic rings. The number of carbonyl (C=O) groups is 1. The number of methoxy groups -OCH3 is 1. The average Bonchev–Trinajstić information content (AvgIpc) is 2.92. The number of thioether (sulfide) groups is 1. The number of nitrogens with two attached hydrogens (primary N) is 1. The average molecular weight is 362 g/mol. The van der Waals surface area contributed by atoms with Gasteiger partial charge in [0.05, 0.1) is 27.1 Å². The SMILES string of the molecule is COc1cccc(CSc2sc3c(O)cc(=O)[nH]c3c2C(N)=O)c1. The van der Waals surface area contributed by atoms with Crippen molar-refractivity contribution in [1.82, 2.24) is 4.98 Å². The maximum atomic E-state index is 11.8. The van der Waals surface area contributed by atoms with Crippen LogP contribution in [0.2, 0.25) is 0 Å². The number of aromatic hydroxyl groups is 1. The summed E-state index contributed by atoms with van der Waals surface area (Å²) in [5, 5.41) is 9.94. The van der Waals surface area contributed by atoms with Gasteiger partial charge in [0.15, 0.2) is 0 Å². The van der Waals surface area contributed by atoms with Crippen molar-refractivity contribution < 1.29 is 14.6 Å². The summed E-state index contributed by atoms with van der Waals surface area (Å²) >= 11 is 2.64. The number of fused-ring (bicyclic) bond motifs is 1. The summed E-state index contributed by atoms with van der Waals surface area (Å²) in [5.74, 6) is 0.543. The monoisotopic (exact) mass is 362 g/mol. The molecule has 2 heterocycles. The number of rotatable bonds is 5. The minimum atomic E-state index is -0.643. The van der Waals surface area contributed by atoms with Crippen LogP contribution in [0.4, 0.5) is 0 Å². The third kappa shape index (κ3) is 3.10. The number of carbonyl (C=O) groups excluding carboxylic acids is 1. The van der Waals surface area contributed by atoms with Crippen LogP contribution in [0.1, 0.15) is 15.9 Å². The van der Waals surface area contributed by atoms with Crippen LogP contribution in [0.15, 0.2) is 39.3 Å². The number of pyridine rings is 1. The zero-order valence-corrected chi connectivity index (χ0v) is 14.3. The van der Waals surface area contributed by atoms with Crippen LogP contribution in [-0.2, 0) is 5.75 Å². The summed E-state index contributed by atoms with van der Waals surface area (Å²) < 4.78 is 6.28. The Bertz CT molecular complexity index is 978. The second kappa shape index (κ2) is 6.58. The van der Waals surface area contributed by atoms with Crippen molar-refractivity contribution in [2.24, 2.45) is 5.73 Å². The Balaban J connectivity index is 1.99. The lowest BCUT2D eigenvalue weighted by molar-refractivity contribution is 0.0999. The van der Waals surface area contributed by atoms with Gasteiger partial charge in [-0.3, -0.25) is 9.59 Å². The minimum absolute atomic E-state index is 0.158. The Morgan fingerprint density at radius 2 is 2.21 bits per heavy atom. The van der Waals surface area contributed by atoms with Gasteiger partial charge in [-0.05, 0) is 17.7 Å². The lowest BCUT2D eigenvalue weighted by Gasteiger charge is -2.04. The molecule has 1 aromatic carbocycles. The number of thiophene rings is 1. The van der Waals surface area contributed by atoms with Gasteiger partial charge in [0.2, 0.25) is 0 Å². The summed E-state index contributed by atoms with van der Waals surface area (Å²) in [4.78, 5) is 26.0. The van der Waals surface area contributed by atoms with Crippen LogP contribution >= 0.6 is 23.1 Å². The lowest BCUT2D eigenvalue weighted by atomic mass is 10.2. The van der Waals surface area contributed by atoms with Crippen molar-refractivity contribution in [3.8, 4) is 11.5 Å². The van der Waals surface area contributed by atoms with E-state index < -0.39 is 11.5 Å². The molecule has 0 atom stereocenters. The quantitative estimate of drug-likeness (QED) is 0.605. The van der Waals surface area contributed by atoms with Gasteiger partial charge in [-0.1, -0.05) is 12.1 Å². The van der Waals surface area contributed by atoms with Gasteiger partial charge in [0, 0.05) is 11.8 Å². The Morgan fingerprint density at radius 3 is 2.92 bits per heavy atom. The molecule has 0 fully saturated rings. The number of aromatic nitrogens is 1. The molecular weight excluding hydrogens is 348 g/mol. The van der Waals surface area contributed by atoms with Gasteiger partial charge in [-0.25, -0.2) is 0 Å². The molecule has 0 saturated carbocycles. The Kier molecular flexibility index (Phi) is 4.50. The number of hydrogen-bond donors (Lipinski definition) is 3. The molecular formula is C16H14N2O4S2. The van der Waals surface area contributed by atoms with E-state index in [4.69, 9.17) is 10.5 Å². The molecule has 0 unspecified atom stereocenters. The highest BCUT2D eigenvalue weighted by Gasteiger charge is 2.20. The van der Waals surface area contributed by atoms with Gasteiger partial charge in [0.25, 0.3) is 11.5 Å². The van der Waals surface area contributed by atoms with Crippen molar-refractivity contribution in [2.75, 3.05) is 7.11 Å². The molecule has 1 amide bonds. The number of amides is 1. The first-order chi connectivity index (χ1) is 11.5. The molecule has 0 saturated heterocycles. The Labute approximate surface area is 145 Å². The summed E-state index contributed by atoms with van der Waals surface area (Å²) in [6, 6.07) is 8.68. The molecule has 6 nitrogen and oxygen atoms in total. The van der Waals surface area contributed by atoms with Crippen molar-refractivity contribution in [2.45, 2.75) is 9.96 Å². The molecule has 0 aliphatic rings. The van der Waals surface area contributed by atoms with E-state index in [2.05, 4.69) is 4.98 Å². The van der Waals surface area contributed by atoms with Crippen LogP contribution in [-0.4, -0.2) is 23.1 Å². The third-order valence-electron chi connectivity index (χ3n) is 3.38. The van der Waals surface area contributed by atoms with Gasteiger partial charge in [-0.15, -0.1) is 23.1 Å². The number of benzene rings is 1. The fourth-order valence-corrected chi connectivity index (χ4v) is 4.69. The standard InChI is InChI=1S/C16H14N2O4S2/c1-22-9-4-2-3-8(5-9)7-23-16-12(15(17)21)13-14(24-16)10(19)6-11(20)18-13/h2-6H,7H2,1H3,(H2,17,21)(H2,18,19,20). The smallest absolute Gasteiger partial charge is 0.252 e. The van der Waals surface area contributed by atoms with E-state index in [1.54, 1.807) is 7.11 Å². The summed E-state index contributed by atoms with van der Waals surface area (Å²) in [7, 11) is 1.60. The molecule has 0 spiro atoms. The molecule has 0 radical (unpaired) electrons. The number of aromatic amines is 1. The maximum Gasteiger partial charge on any atom is 0.252 e. The van der Waals surface area contributed by atoms with Crippen LogP contribution in [0.25, 0.3) is 10.2 Å². The van der Waals surface area contributed by atoms with E-state index in [0.29, 0.717) is 14.7 Å². The van der Waals surface area contributed by atoms with Gasteiger partial charge in [-0.2, -0.15) is 0 Å². The predicted molar refractivity (Wildman–Crippen MR) is 95.2 cm³/mol. The second-order valence-electron chi connectivity index (χ2n) is 4.99. The van der Waals surface area contributed by atoms with E-state index in [1.807, 2.05) is 24.3 Å².